The molecule has 0 amide bonds. The van der Waals surface area contributed by atoms with E-state index < -0.39 is 11.7 Å². The van der Waals surface area contributed by atoms with E-state index >= 15 is 0 Å². The van der Waals surface area contributed by atoms with Crippen LogP contribution in [0.4, 0.5) is 18.9 Å². The van der Waals surface area contributed by atoms with Gasteiger partial charge in [0.15, 0.2) is 0 Å². The van der Waals surface area contributed by atoms with E-state index in [-0.39, 0.29) is 6.04 Å². The highest BCUT2D eigenvalue weighted by molar-refractivity contribution is 6.35. The maximum Gasteiger partial charge on any atom is 0.416 e. The number of anilines is 1. The molecule has 112 valence electrons. The first kappa shape index (κ1) is 16.0. The Morgan fingerprint density at radius 3 is 2.43 bits per heavy atom. The fourth-order valence-corrected chi connectivity index (χ4v) is 2.25. The van der Waals surface area contributed by atoms with E-state index in [0.29, 0.717) is 21.3 Å². The van der Waals surface area contributed by atoms with Crippen LogP contribution in [0.3, 0.4) is 0 Å². The number of alkyl halides is 3. The van der Waals surface area contributed by atoms with Crippen molar-refractivity contribution in [1.82, 2.24) is 0 Å². The lowest BCUT2D eigenvalue weighted by atomic mass is 10.0. The molecule has 0 saturated carbocycles. The molecule has 1 nitrogen and oxygen atoms in total. The molecule has 0 aromatic heterocycles. The summed E-state index contributed by atoms with van der Waals surface area (Å²) in [6.45, 7) is 1.76. The van der Waals surface area contributed by atoms with Crippen LogP contribution in [-0.2, 0) is 6.18 Å². The Morgan fingerprint density at radius 1 is 1.05 bits per heavy atom. The highest BCUT2D eigenvalue weighted by Crippen LogP contribution is 2.33. The predicted molar refractivity (Wildman–Crippen MR) is 79.9 cm³/mol. The molecule has 1 N–H and O–H groups in total. The summed E-state index contributed by atoms with van der Waals surface area (Å²) >= 11 is 11.9. The molecule has 0 aliphatic heterocycles. The second-order valence-corrected chi connectivity index (χ2v) is 5.46. The first-order valence-corrected chi connectivity index (χ1v) is 6.91. The van der Waals surface area contributed by atoms with Crippen LogP contribution in [0.5, 0.6) is 0 Å². The van der Waals surface area contributed by atoms with Gasteiger partial charge in [0.1, 0.15) is 0 Å². The smallest absolute Gasteiger partial charge is 0.377 e. The van der Waals surface area contributed by atoms with Crippen LogP contribution < -0.4 is 5.32 Å². The molecule has 0 spiro atoms. The van der Waals surface area contributed by atoms with Crippen molar-refractivity contribution in [3.63, 3.8) is 0 Å². The second-order valence-electron chi connectivity index (χ2n) is 4.61. The standard InChI is InChI=1S/C15H12Cl2F3N/c1-9(21-14-8-12(16)5-6-13(14)17)10-3-2-4-11(7-10)15(18,19)20/h2-9,21H,1H3. The first-order valence-electron chi connectivity index (χ1n) is 6.16. The molecule has 21 heavy (non-hydrogen) atoms. The van der Waals surface area contributed by atoms with Gasteiger partial charge in [-0.25, -0.2) is 0 Å². The van der Waals surface area contributed by atoms with Crippen LogP contribution in [0.25, 0.3) is 0 Å². The maximum atomic E-state index is 12.7. The summed E-state index contributed by atoms with van der Waals surface area (Å²) < 4.78 is 38.1. The summed E-state index contributed by atoms with van der Waals surface area (Å²) in [5.41, 5.74) is 0.417. The molecule has 0 bridgehead atoms. The highest BCUT2D eigenvalue weighted by Gasteiger charge is 2.30. The molecule has 0 aliphatic carbocycles. The monoisotopic (exact) mass is 333 g/mol. The van der Waals surface area contributed by atoms with Gasteiger partial charge in [-0.05, 0) is 42.8 Å². The molecule has 1 unspecified atom stereocenters. The van der Waals surface area contributed by atoms with Gasteiger partial charge >= 0.3 is 6.18 Å². The lowest BCUT2D eigenvalue weighted by Gasteiger charge is -2.18. The van der Waals surface area contributed by atoms with Crippen molar-refractivity contribution < 1.29 is 13.2 Å². The van der Waals surface area contributed by atoms with Crippen molar-refractivity contribution in [2.24, 2.45) is 0 Å². The summed E-state index contributed by atoms with van der Waals surface area (Å²) in [5, 5.41) is 4.02. The molecule has 2 rings (SSSR count). The number of halogens is 5. The normalized spacial score (nSPS) is 13.0. The Hall–Kier alpha value is -1.39. The van der Waals surface area contributed by atoms with E-state index in [1.165, 1.54) is 6.07 Å². The molecule has 0 aliphatic rings. The minimum Gasteiger partial charge on any atom is -0.377 e. The summed E-state index contributed by atoms with van der Waals surface area (Å²) in [5.74, 6) is 0. The second kappa shape index (κ2) is 6.16. The largest absolute Gasteiger partial charge is 0.416 e. The van der Waals surface area contributed by atoms with Crippen LogP contribution >= 0.6 is 23.2 Å². The molecule has 0 fully saturated rings. The van der Waals surface area contributed by atoms with Gasteiger partial charge in [-0.2, -0.15) is 13.2 Å². The number of rotatable bonds is 3. The molecule has 1 atom stereocenters. The van der Waals surface area contributed by atoms with E-state index in [0.717, 1.165) is 12.1 Å². The summed E-state index contributed by atoms with van der Waals surface area (Å²) in [7, 11) is 0. The lowest BCUT2D eigenvalue weighted by Crippen LogP contribution is -2.10. The maximum absolute atomic E-state index is 12.7. The third kappa shape index (κ3) is 4.05. The zero-order valence-electron chi connectivity index (χ0n) is 11.0. The topological polar surface area (TPSA) is 12.0 Å². The third-order valence-electron chi connectivity index (χ3n) is 3.01. The highest BCUT2D eigenvalue weighted by atomic mass is 35.5. The van der Waals surface area contributed by atoms with Crippen molar-refractivity contribution in [2.75, 3.05) is 5.32 Å². The van der Waals surface area contributed by atoms with Gasteiger partial charge < -0.3 is 5.32 Å². The van der Waals surface area contributed by atoms with Crippen LogP contribution in [0.15, 0.2) is 42.5 Å². The quantitative estimate of drug-likeness (QED) is 0.706. The average Bonchev–Trinajstić information content (AvgIpc) is 2.42. The fraction of sp³-hybridized carbons (Fsp3) is 0.200. The van der Waals surface area contributed by atoms with Gasteiger partial charge in [0.2, 0.25) is 0 Å². The van der Waals surface area contributed by atoms with E-state index in [1.807, 2.05) is 0 Å². The number of benzene rings is 2. The first-order chi connectivity index (χ1) is 9.77. The zero-order chi connectivity index (χ0) is 15.6. The number of nitrogens with one attached hydrogen (secondary N) is 1. The van der Waals surface area contributed by atoms with Crippen molar-refractivity contribution in [2.45, 2.75) is 19.1 Å². The number of hydrogen-bond acceptors (Lipinski definition) is 1. The molecular formula is C15H12Cl2F3N. The molecule has 0 radical (unpaired) electrons. The Labute approximate surface area is 130 Å². The SMILES string of the molecule is CC(Nc1cc(Cl)ccc1Cl)c1cccc(C(F)(F)F)c1. The predicted octanol–water partition coefficient (Wildman–Crippen LogP) is 6.19. The van der Waals surface area contributed by atoms with Gasteiger partial charge in [-0.1, -0.05) is 35.3 Å². The van der Waals surface area contributed by atoms with E-state index in [2.05, 4.69) is 5.32 Å². The summed E-state index contributed by atoms with van der Waals surface area (Å²) in [6.07, 6.45) is -4.36. The Kier molecular flexibility index (Phi) is 4.69. The minimum atomic E-state index is -4.36. The van der Waals surface area contributed by atoms with Gasteiger partial charge in [0.05, 0.1) is 16.3 Å². The Bertz CT molecular complexity index is 641. The molecule has 2 aromatic carbocycles. The van der Waals surface area contributed by atoms with E-state index in [1.54, 1.807) is 31.2 Å². The minimum absolute atomic E-state index is 0.344. The van der Waals surface area contributed by atoms with Gasteiger partial charge in [-0.15, -0.1) is 0 Å². The van der Waals surface area contributed by atoms with Crippen LogP contribution in [0.1, 0.15) is 24.1 Å². The summed E-state index contributed by atoms with van der Waals surface area (Å²) in [4.78, 5) is 0. The van der Waals surface area contributed by atoms with Crippen molar-refractivity contribution >= 4 is 28.9 Å². The summed E-state index contributed by atoms with van der Waals surface area (Å²) in [6, 6.07) is 9.74. The van der Waals surface area contributed by atoms with Crippen molar-refractivity contribution in [3.05, 3.63) is 63.6 Å². The molecular weight excluding hydrogens is 322 g/mol. The number of hydrogen-bond donors (Lipinski definition) is 1. The lowest BCUT2D eigenvalue weighted by molar-refractivity contribution is -0.137. The Morgan fingerprint density at radius 2 is 1.76 bits per heavy atom. The van der Waals surface area contributed by atoms with E-state index in [4.69, 9.17) is 23.2 Å². The van der Waals surface area contributed by atoms with Crippen molar-refractivity contribution in [1.29, 1.82) is 0 Å². The van der Waals surface area contributed by atoms with Crippen LogP contribution in [0.2, 0.25) is 10.0 Å². The van der Waals surface area contributed by atoms with Crippen LogP contribution in [0, 0.1) is 0 Å². The van der Waals surface area contributed by atoms with Crippen LogP contribution in [-0.4, -0.2) is 0 Å². The molecule has 2 aromatic rings. The van der Waals surface area contributed by atoms with Crippen molar-refractivity contribution in [3.8, 4) is 0 Å². The molecule has 0 saturated heterocycles. The van der Waals surface area contributed by atoms with Gasteiger partial charge in [0.25, 0.3) is 0 Å². The van der Waals surface area contributed by atoms with Gasteiger partial charge in [0, 0.05) is 11.1 Å². The zero-order valence-corrected chi connectivity index (χ0v) is 12.5. The molecule has 6 heteroatoms. The fourth-order valence-electron chi connectivity index (χ4n) is 1.91. The third-order valence-corrected chi connectivity index (χ3v) is 3.58. The van der Waals surface area contributed by atoms with Gasteiger partial charge in [-0.3, -0.25) is 0 Å². The average molecular weight is 334 g/mol. The Balaban J connectivity index is 2.24. The van der Waals surface area contributed by atoms with E-state index in [9.17, 15) is 13.2 Å². The molecule has 0 heterocycles.